The highest BCUT2D eigenvalue weighted by Crippen LogP contribution is 2.41. The molecule has 1 atom stereocenters. The Balaban J connectivity index is 2.08. The predicted molar refractivity (Wildman–Crippen MR) is 114 cm³/mol. The Morgan fingerprint density at radius 1 is 1.07 bits per heavy atom. The molecule has 2 aromatic rings. The predicted octanol–water partition coefficient (Wildman–Crippen LogP) is 4.40. The van der Waals surface area contributed by atoms with Crippen LogP contribution in [0.4, 0.5) is 0 Å². The number of rotatable bonds is 8. The second-order valence-electron chi connectivity index (χ2n) is 7.35. The van der Waals surface area contributed by atoms with Crippen LogP contribution in [0.5, 0.6) is 11.5 Å². The van der Waals surface area contributed by atoms with Crippen LogP contribution in [0.2, 0.25) is 0 Å². The average molecular weight is 409 g/mol. The fourth-order valence-electron chi connectivity index (χ4n) is 3.79. The molecule has 0 aliphatic carbocycles. The third-order valence-electron chi connectivity index (χ3n) is 5.36. The lowest BCUT2D eigenvalue weighted by Gasteiger charge is -2.25. The van der Waals surface area contributed by atoms with Crippen LogP contribution >= 0.6 is 0 Å². The van der Waals surface area contributed by atoms with Gasteiger partial charge in [0.05, 0.1) is 18.7 Å². The van der Waals surface area contributed by atoms with Gasteiger partial charge in [0.2, 0.25) is 0 Å². The molecule has 2 aromatic carbocycles. The number of nitrogens with zero attached hydrogens (tertiary/aromatic N) is 1. The molecule has 1 aliphatic heterocycles. The molecule has 1 fully saturated rings. The van der Waals surface area contributed by atoms with Gasteiger partial charge in [-0.05, 0) is 24.1 Å². The highest BCUT2D eigenvalue weighted by atomic mass is 16.5. The molecule has 30 heavy (non-hydrogen) atoms. The van der Waals surface area contributed by atoms with Gasteiger partial charge in [0.1, 0.15) is 5.76 Å². The van der Waals surface area contributed by atoms with E-state index in [4.69, 9.17) is 4.74 Å². The minimum atomic E-state index is -0.774. The minimum Gasteiger partial charge on any atom is -0.507 e. The van der Waals surface area contributed by atoms with Crippen LogP contribution in [-0.4, -0.2) is 40.5 Å². The average Bonchev–Trinajstić information content (AvgIpc) is 3.01. The number of aromatic hydroxyl groups is 1. The number of ether oxygens (including phenoxy) is 1. The number of benzene rings is 2. The van der Waals surface area contributed by atoms with Crippen LogP contribution in [0.25, 0.3) is 5.76 Å². The fourth-order valence-corrected chi connectivity index (χ4v) is 3.79. The Hall–Kier alpha value is -3.28. The fraction of sp³-hybridized carbons (Fsp3) is 0.333. The molecule has 0 radical (unpaired) electrons. The van der Waals surface area contributed by atoms with Crippen molar-refractivity contribution in [1.29, 1.82) is 0 Å². The van der Waals surface area contributed by atoms with Gasteiger partial charge in [-0.2, -0.15) is 0 Å². The number of hydrogen-bond acceptors (Lipinski definition) is 5. The largest absolute Gasteiger partial charge is 0.507 e. The Morgan fingerprint density at radius 2 is 1.80 bits per heavy atom. The van der Waals surface area contributed by atoms with Crippen molar-refractivity contribution in [3.8, 4) is 11.5 Å². The number of aliphatic hydroxyl groups excluding tert-OH is 1. The van der Waals surface area contributed by atoms with Gasteiger partial charge < -0.3 is 19.8 Å². The highest BCUT2D eigenvalue weighted by molar-refractivity contribution is 6.46. The van der Waals surface area contributed by atoms with Crippen molar-refractivity contribution >= 4 is 17.4 Å². The van der Waals surface area contributed by atoms with E-state index in [0.29, 0.717) is 23.4 Å². The molecule has 0 saturated carbocycles. The number of methoxy groups -OCH3 is 1. The topological polar surface area (TPSA) is 87.1 Å². The first-order chi connectivity index (χ1) is 14.5. The van der Waals surface area contributed by atoms with Gasteiger partial charge in [-0.25, -0.2) is 0 Å². The summed E-state index contributed by atoms with van der Waals surface area (Å²) >= 11 is 0. The van der Waals surface area contributed by atoms with Crippen molar-refractivity contribution in [1.82, 2.24) is 4.90 Å². The molecule has 0 spiro atoms. The summed E-state index contributed by atoms with van der Waals surface area (Å²) in [4.78, 5) is 27.3. The summed E-state index contributed by atoms with van der Waals surface area (Å²) in [5.74, 6) is -1.37. The van der Waals surface area contributed by atoms with Crippen LogP contribution < -0.4 is 4.74 Å². The lowest BCUT2D eigenvalue weighted by molar-refractivity contribution is -0.139. The standard InChI is InChI=1S/C24H27NO5/c1-3-4-5-9-14-25-21(17-12-13-19(30-2)18(26)15-17)20(23(28)24(25)29)22(27)16-10-7-6-8-11-16/h6-8,10-13,15,21,26-27H,3-5,9,14H2,1-2H3/t21-/m0/s1. The molecular weight excluding hydrogens is 382 g/mol. The lowest BCUT2D eigenvalue weighted by Crippen LogP contribution is -2.30. The number of Topliss-reactive ketones (excluding diaryl/α,β-unsaturated/α-hetero) is 1. The second kappa shape index (κ2) is 9.48. The number of ketones is 1. The number of amides is 1. The summed E-state index contributed by atoms with van der Waals surface area (Å²) in [6, 6.07) is 12.7. The van der Waals surface area contributed by atoms with Gasteiger partial charge in [0.25, 0.3) is 11.7 Å². The number of phenolic OH excluding ortho intramolecular Hbond substituents is 1. The maximum Gasteiger partial charge on any atom is 0.295 e. The van der Waals surface area contributed by atoms with E-state index < -0.39 is 17.7 Å². The van der Waals surface area contributed by atoms with Crippen molar-refractivity contribution in [3.63, 3.8) is 0 Å². The molecule has 1 amide bonds. The minimum absolute atomic E-state index is 0.0336. The quantitative estimate of drug-likeness (QED) is 0.292. The summed E-state index contributed by atoms with van der Waals surface area (Å²) in [5.41, 5.74) is 1.04. The van der Waals surface area contributed by atoms with Gasteiger partial charge in [0.15, 0.2) is 11.5 Å². The van der Waals surface area contributed by atoms with E-state index in [9.17, 15) is 19.8 Å². The molecule has 0 bridgehead atoms. The first-order valence-corrected chi connectivity index (χ1v) is 10.2. The zero-order valence-electron chi connectivity index (χ0n) is 17.3. The van der Waals surface area contributed by atoms with Crippen LogP contribution in [0.15, 0.2) is 54.1 Å². The Bertz CT molecular complexity index is 951. The molecule has 6 heteroatoms. The van der Waals surface area contributed by atoms with Crippen molar-refractivity contribution in [3.05, 3.63) is 65.2 Å². The van der Waals surface area contributed by atoms with Crippen molar-refractivity contribution in [2.45, 2.75) is 38.6 Å². The van der Waals surface area contributed by atoms with E-state index in [2.05, 4.69) is 6.92 Å². The first-order valence-electron chi connectivity index (χ1n) is 10.2. The second-order valence-corrected chi connectivity index (χ2v) is 7.35. The third-order valence-corrected chi connectivity index (χ3v) is 5.36. The van der Waals surface area contributed by atoms with Gasteiger partial charge in [-0.15, -0.1) is 0 Å². The molecule has 1 heterocycles. The Labute approximate surface area is 176 Å². The zero-order chi connectivity index (χ0) is 21.7. The third kappa shape index (κ3) is 4.17. The van der Waals surface area contributed by atoms with Crippen molar-refractivity contribution < 1.29 is 24.5 Å². The van der Waals surface area contributed by atoms with Crippen LogP contribution in [0, 0.1) is 0 Å². The van der Waals surface area contributed by atoms with Crippen LogP contribution in [0.1, 0.15) is 49.8 Å². The van der Waals surface area contributed by atoms with Crippen molar-refractivity contribution in [2.24, 2.45) is 0 Å². The Kier molecular flexibility index (Phi) is 6.77. The number of phenols is 1. The van der Waals surface area contributed by atoms with Crippen LogP contribution in [-0.2, 0) is 9.59 Å². The van der Waals surface area contributed by atoms with E-state index >= 15 is 0 Å². The highest BCUT2D eigenvalue weighted by Gasteiger charge is 2.45. The van der Waals surface area contributed by atoms with E-state index in [-0.39, 0.29) is 17.1 Å². The monoisotopic (exact) mass is 409 g/mol. The SMILES string of the molecule is CCCCCCN1C(=O)C(=O)C(=C(O)c2ccccc2)[C@@H]1c1ccc(OC)c(O)c1. The number of carbonyl (C=O) groups excluding carboxylic acids is 2. The van der Waals surface area contributed by atoms with E-state index in [0.717, 1.165) is 25.7 Å². The molecule has 158 valence electrons. The van der Waals surface area contributed by atoms with Crippen molar-refractivity contribution in [2.75, 3.05) is 13.7 Å². The normalized spacial score (nSPS) is 18.1. The van der Waals surface area contributed by atoms with Crippen LogP contribution in [0.3, 0.4) is 0 Å². The zero-order valence-corrected chi connectivity index (χ0v) is 17.3. The van der Waals surface area contributed by atoms with E-state index in [1.165, 1.54) is 18.1 Å². The van der Waals surface area contributed by atoms with Gasteiger partial charge in [-0.3, -0.25) is 9.59 Å². The summed E-state index contributed by atoms with van der Waals surface area (Å²) in [7, 11) is 1.45. The summed E-state index contributed by atoms with van der Waals surface area (Å²) in [6.45, 7) is 2.50. The van der Waals surface area contributed by atoms with Gasteiger partial charge >= 0.3 is 0 Å². The summed E-state index contributed by atoms with van der Waals surface area (Å²) in [5, 5.41) is 21.2. The molecule has 2 N–H and O–H groups in total. The molecule has 1 aliphatic rings. The smallest absolute Gasteiger partial charge is 0.295 e. The Morgan fingerprint density at radius 3 is 2.43 bits per heavy atom. The maximum atomic E-state index is 12.9. The number of hydrogen-bond donors (Lipinski definition) is 2. The van der Waals surface area contributed by atoms with E-state index in [1.807, 2.05) is 6.07 Å². The number of carbonyl (C=O) groups is 2. The molecule has 3 rings (SSSR count). The number of aliphatic hydroxyl groups is 1. The van der Waals surface area contributed by atoms with Gasteiger partial charge in [0, 0.05) is 12.1 Å². The first kappa shape index (κ1) is 21.4. The van der Waals surface area contributed by atoms with E-state index in [1.54, 1.807) is 36.4 Å². The van der Waals surface area contributed by atoms with Gasteiger partial charge in [-0.1, -0.05) is 62.6 Å². The number of likely N-dealkylation sites (tertiary alicyclic amines) is 1. The molecule has 0 unspecified atom stereocenters. The number of unbranched alkanes of at least 4 members (excludes halogenated alkanes) is 3. The summed E-state index contributed by atoms with van der Waals surface area (Å²) < 4.78 is 5.11. The summed E-state index contributed by atoms with van der Waals surface area (Å²) in [6.07, 6.45) is 3.80. The lowest BCUT2D eigenvalue weighted by atomic mass is 9.95. The maximum absolute atomic E-state index is 12.9. The molecule has 1 saturated heterocycles. The molecule has 0 aromatic heterocycles. The molecular formula is C24H27NO5. The molecule has 6 nitrogen and oxygen atoms in total.